The van der Waals surface area contributed by atoms with Gasteiger partial charge in [-0.1, -0.05) is 25.0 Å². The molecule has 116 valence electrons. The zero-order valence-electron chi connectivity index (χ0n) is 11.8. The van der Waals surface area contributed by atoms with E-state index in [2.05, 4.69) is 17.4 Å². The second-order valence-corrected chi connectivity index (χ2v) is 8.24. The predicted octanol–water partition coefficient (Wildman–Crippen LogP) is 3.80. The summed E-state index contributed by atoms with van der Waals surface area (Å²) in [7, 11) is 0. The Labute approximate surface area is 140 Å². The molecule has 0 atom stereocenters. The lowest BCUT2D eigenvalue weighted by Crippen LogP contribution is -2.48. The summed E-state index contributed by atoms with van der Waals surface area (Å²) in [6, 6.07) is 8.19. The number of amides is 1. The van der Waals surface area contributed by atoms with E-state index in [1.165, 1.54) is 17.1 Å². The maximum absolute atomic E-state index is 12.3. The van der Waals surface area contributed by atoms with E-state index < -0.39 is 5.54 Å². The Kier molecular flexibility index (Phi) is 5.88. The molecule has 1 heterocycles. The molecule has 0 bridgehead atoms. The molecule has 3 N–H and O–H groups in total. The van der Waals surface area contributed by atoms with Crippen LogP contribution in [0.2, 0.25) is 0 Å². The summed E-state index contributed by atoms with van der Waals surface area (Å²) in [6.07, 6.45) is 3.71. The maximum atomic E-state index is 12.3. The molecule has 1 saturated heterocycles. The van der Waals surface area contributed by atoms with Gasteiger partial charge in [0.25, 0.3) is 0 Å². The normalized spacial score (nSPS) is 21.0. The van der Waals surface area contributed by atoms with Crippen LogP contribution in [0.3, 0.4) is 0 Å². The maximum Gasteiger partial charge on any atom is 0.244 e. The van der Waals surface area contributed by atoms with Crippen molar-refractivity contribution in [2.45, 2.75) is 35.8 Å². The number of nitrogens with two attached hydrogens (primary N) is 1. The molecule has 1 aliphatic heterocycles. The second kappa shape index (κ2) is 7.27. The van der Waals surface area contributed by atoms with E-state index >= 15 is 0 Å². The number of nitrogens with one attached hydrogen (secondary N) is 1. The summed E-state index contributed by atoms with van der Waals surface area (Å²) in [5.74, 6) is 2.38. The first-order valence-corrected chi connectivity index (χ1v) is 9.21. The third-order valence-corrected chi connectivity index (χ3v) is 7.09. The van der Waals surface area contributed by atoms with Crippen LogP contribution in [0.5, 0.6) is 0 Å². The fourth-order valence-corrected chi connectivity index (χ4v) is 5.64. The molecular formula is C15H21ClN2OS2. The number of hydrogen-bond donors (Lipinski definition) is 2. The molecule has 1 aromatic rings. The Morgan fingerprint density at radius 2 is 1.90 bits per heavy atom. The van der Waals surface area contributed by atoms with Gasteiger partial charge in [0.1, 0.15) is 0 Å². The molecule has 0 unspecified atom stereocenters. The molecule has 0 radical (unpaired) electrons. The van der Waals surface area contributed by atoms with Crippen molar-refractivity contribution in [2.24, 2.45) is 5.73 Å². The standard InChI is InChI=1S/C15H20N2OS2.ClH/c16-15(6-1-2-7-15)14(18)17-12-5-3-4-11(10-12)13-19-8-9-20-13;/h3-5,10,13H,1-2,6-9,16H2,(H,17,18);1H. The molecule has 2 fully saturated rings. The number of anilines is 1. The minimum atomic E-state index is -0.660. The fourth-order valence-electron chi connectivity index (χ4n) is 2.80. The van der Waals surface area contributed by atoms with Crippen molar-refractivity contribution < 1.29 is 4.79 Å². The zero-order valence-corrected chi connectivity index (χ0v) is 14.3. The van der Waals surface area contributed by atoms with E-state index in [-0.39, 0.29) is 18.3 Å². The van der Waals surface area contributed by atoms with Gasteiger partial charge in [0.2, 0.25) is 5.91 Å². The molecule has 1 aliphatic carbocycles. The Balaban J connectivity index is 0.00000161. The number of benzene rings is 1. The zero-order chi connectivity index (χ0) is 14.0. The molecule has 2 aliphatic rings. The number of carbonyl (C=O) groups is 1. The number of halogens is 1. The van der Waals surface area contributed by atoms with Crippen molar-refractivity contribution >= 4 is 47.5 Å². The van der Waals surface area contributed by atoms with Crippen LogP contribution in [0.4, 0.5) is 5.69 Å². The minimum Gasteiger partial charge on any atom is -0.324 e. The van der Waals surface area contributed by atoms with Crippen molar-refractivity contribution in [3.8, 4) is 0 Å². The summed E-state index contributed by atoms with van der Waals surface area (Å²) in [6.45, 7) is 0. The topological polar surface area (TPSA) is 55.1 Å². The van der Waals surface area contributed by atoms with Gasteiger partial charge >= 0.3 is 0 Å². The third-order valence-electron chi connectivity index (χ3n) is 3.99. The van der Waals surface area contributed by atoms with Gasteiger partial charge in [-0.15, -0.1) is 35.9 Å². The van der Waals surface area contributed by atoms with Crippen molar-refractivity contribution in [3.63, 3.8) is 0 Å². The SMILES string of the molecule is Cl.NC1(C(=O)Nc2cccc(C3SCCS3)c2)CCCC1. The van der Waals surface area contributed by atoms with E-state index in [0.717, 1.165) is 31.4 Å². The van der Waals surface area contributed by atoms with E-state index in [9.17, 15) is 4.79 Å². The first-order chi connectivity index (χ1) is 9.67. The number of carbonyl (C=O) groups excluding carboxylic acids is 1. The van der Waals surface area contributed by atoms with Gasteiger partial charge in [-0.2, -0.15) is 0 Å². The van der Waals surface area contributed by atoms with Crippen molar-refractivity contribution in [1.82, 2.24) is 0 Å². The van der Waals surface area contributed by atoms with Crippen LogP contribution < -0.4 is 11.1 Å². The summed E-state index contributed by atoms with van der Waals surface area (Å²) >= 11 is 3.95. The van der Waals surface area contributed by atoms with E-state index in [0.29, 0.717) is 4.58 Å². The smallest absolute Gasteiger partial charge is 0.244 e. The molecule has 0 aromatic heterocycles. The summed E-state index contributed by atoms with van der Waals surface area (Å²) in [5.41, 5.74) is 7.69. The summed E-state index contributed by atoms with van der Waals surface area (Å²) in [4.78, 5) is 12.3. The minimum absolute atomic E-state index is 0. The number of rotatable bonds is 3. The molecule has 6 heteroatoms. The van der Waals surface area contributed by atoms with Gasteiger partial charge in [-0.3, -0.25) is 4.79 Å². The van der Waals surface area contributed by atoms with Gasteiger partial charge in [-0.05, 0) is 30.5 Å². The van der Waals surface area contributed by atoms with Crippen LogP contribution in [0.15, 0.2) is 24.3 Å². The van der Waals surface area contributed by atoms with E-state index in [1.807, 2.05) is 35.7 Å². The predicted molar refractivity (Wildman–Crippen MR) is 95.4 cm³/mol. The second-order valence-electron chi connectivity index (χ2n) is 5.52. The Hall–Kier alpha value is -0.360. The molecule has 1 amide bonds. The van der Waals surface area contributed by atoms with Crippen LogP contribution in [-0.4, -0.2) is 23.0 Å². The van der Waals surface area contributed by atoms with Gasteiger partial charge in [-0.25, -0.2) is 0 Å². The monoisotopic (exact) mass is 344 g/mol. The van der Waals surface area contributed by atoms with E-state index in [1.54, 1.807) is 0 Å². The largest absolute Gasteiger partial charge is 0.324 e. The van der Waals surface area contributed by atoms with Crippen LogP contribution >= 0.6 is 35.9 Å². The summed E-state index contributed by atoms with van der Waals surface area (Å²) in [5, 5.41) is 3.01. The van der Waals surface area contributed by atoms with Gasteiger partial charge in [0.15, 0.2) is 0 Å². The molecule has 3 rings (SSSR count). The third kappa shape index (κ3) is 3.89. The van der Waals surface area contributed by atoms with Crippen molar-refractivity contribution in [3.05, 3.63) is 29.8 Å². The molecular weight excluding hydrogens is 324 g/mol. The highest BCUT2D eigenvalue weighted by Gasteiger charge is 2.37. The van der Waals surface area contributed by atoms with Gasteiger partial charge in [0.05, 0.1) is 10.1 Å². The van der Waals surface area contributed by atoms with Crippen LogP contribution in [-0.2, 0) is 4.79 Å². The van der Waals surface area contributed by atoms with E-state index in [4.69, 9.17) is 5.73 Å². The highest BCUT2D eigenvalue weighted by molar-refractivity contribution is 8.19. The Morgan fingerprint density at radius 1 is 1.24 bits per heavy atom. The highest BCUT2D eigenvalue weighted by Crippen LogP contribution is 2.45. The van der Waals surface area contributed by atoms with Crippen LogP contribution in [0.25, 0.3) is 0 Å². The van der Waals surface area contributed by atoms with Crippen molar-refractivity contribution in [1.29, 1.82) is 0 Å². The molecule has 0 spiro atoms. The fraction of sp³-hybridized carbons (Fsp3) is 0.533. The Bertz CT molecular complexity index is 500. The molecule has 1 saturated carbocycles. The van der Waals surface area contributed by atoms with Gasteiger partial charge in [0, 0.05) is 17.2 Å². The lowest BCUT2D eigenvalue weighted by molar-refractivity contribution is -0.121. The molecule has 3 nitrogen and oxygen atoms in total. The first-order valence-electron chi connectivity index (χ1n) is 7.11. The van der Waals surface area contributed by atoms with Crippen molar-refractivity contribution in [2.75, 3.05) is 16.8 Å². The van der Waals surface area contributed by atoms with Gasteiger partial charge < -0.3 is 11.1 Å². The summed E-state index contributed by atoms with van der Waals surface area (Å²) < 4.78 is 0.505. The first kappa shape index (κ1) is 17.0. The Morgan fingerprint density at radius 3 is 2.57 bits per heavy atom. The number of thioether (sulfide) groups is 2. The van der Waals surface area contributed by atoms with Crippen LogP contribution in [0, 0.1) is 0 Å². The quantitative estimate of drug-likeness (QED) is 0.875. The lowest BCUT2D eigenvalue weighted by atomic mass is 9.98. The average molecular weight is 345 g/mol. The molecule has 1 aromatic carbocycles. The van der Waals surface area contributed by atoms with Crippen LogP contribution in [0.1, 0.15) is 35.8 Å². The average Bonchev–Trinajstić information content (AvgIpc) is 3.11. The highest BCUT2D eigenvalue weighted by atomic mass is 35.5. The lowest BCUT2D eigenvalue weighted by Gasteiger charge is -2.22. The number of hydrogen-bond acceptors (Lipinski definition) is 4. The molecule has 21 heavy (non-hydrogen) atoms.